The number of hydrogen-bond donors (Lipinski definition) is 3. The summed E-state index contributed by atoms with van der Waals surface area (Å²) in [5.41, 5.74) is 1.20. The summed E-state index contributed by atoms with van der Waals surface area (Å²) in [5.74, 6) is 5.97. The fourth-order valence-corrected chi connectivity index (χ4v) is 4.85. The number of nitrogens with zero attached hydrogens (tertiary/aromatic N) is 1. The van der Waals surface area contributed by atoms with E-state index in [0.717, 1.165) is 6.26 Å². The van der Waals surface area contributed by atoms with Crippen molar-refractivity contribution in [2.75, 3.05) is 24.1 Å². The zero-order chi connectivity index (χ0) is 26.4. The van der Waals surface area contributed by atoms with Crippen LogP contribution >= 0.6 is 0 Å². The first-order valence-corrected chi connectivity index (χ1v) is 13.4. The van der Waals surface area contributed by atoms with Gasteiger partial charge in [0, 0.05) is 24.3 Å². The molecule has 0 bridgehead atoms. The average molecular weight is 522 g/mol. The molecule has 190 valence electrons. The van der Waals surface area contributed by atoms with Crippen LogP contribution in [0.5, 0.6) is 0 Å². The van der Waals surface area contributed by atoms with Gasteiger partial charge in [0.05, 0.1) is 23.1 Å². The number of anilines is 1. The lowest BCUT2D eigenvalue weighted by atomic mass is 9.98. The van der Waals surface area contributed by atoms with Crippen molar-refractivity contribution in [3.8, 4) is 23.0 Å². The zero-order valence-corrected chi connectivity index (χ0v) is 20.6. The van der Waals surface area contributed by atoms with Crippen molar-refractivity contribution >= 4 is 38.7 Å². The molecule has 2 heterocycles. The Morgan fingerprint density at radius 2 is 1.84 bits per heavy atom. The standard InChI is InChI=1S/C26H23N3O7S/c1-37(34,35)28-19-7-5-18(6-8-19)21-15-36-22-12-16(4-9-20(22)23(21)30)2-3-17-13-29(14-17)24(31)26(10-11-26)27-25(32)33/h4-9,12,15,17,27-28H,10-11,13-14H2,1H3,(H,32,33). The normalized spacial score (nSPS) is 16.3. The third-order valence-electron chi connectivity index (χ3n) is 6.37. The lowest BCUT2D eigenvalue weighted by molar-refractivity contribution is -0.139. The summed E-state index contributed by atoms with van der Waals surface area (Å²) in [7, 11) is -3.40. The Hall–Kier alpha value is -4.30. The van der Waals surface area contributed by atoms with Gasteiger partial charge in [0.15, 0.2) is 5.43 Å². The Morgan fingerprint density at radius 1 is 1.14 bits per heavy atom. The number of benzene rings is 2. The molecule has 1 aliphatic carbocycles. The summed E-state index contributed by atoms with van der Waals surface area (Å²) >= 11 is 0. The van der Waals surface area contributed by atoms with E-state index in [4.69, 9.17) is 9.52 Å². The average Bonchev–Trinajstić information content (AvgIpc) is 3.58. The largest absolute Gasteiger partial charge is 0.465 e. The van der Waals surface area contributed by atoms with Gasteiger partial charge in [-0.05, 0) is 48.7 Å². The van der Waals surface area contributed by atoms with Gasteiger partial charge in [-0.2, -0.15) is 0 Å². The molecule has 3 N–H and O–H groups in total. The van der Waals surface area contributed by atoms with Crippen LogP contribution in [0, 0.1) is 17.8 Å². The molecule has 2 fully saturated rings. The van der Waals surface area contributed by atoms with Crippen molar-refractivity contribution in [2.45, 2.75) is 18.4 Å². The van der Waals surface area contributed by atoms with Crippen LogP contribution in [0.15, 0.2) is 57.9 Å². The molecular formula is C26H23N3O7S. The van der Waals surface area contributed by atoms with Gasteiger partial charge in [0.1, 0.15) is 17.4 Å². The number of carboxylic acid groups (broad SMARTS) is 1. The molecule has 10 nitrogen and oxygen atoms in total. The molecule has 0 atom stereocenters. The minimum atomic E-state index is -3.40. The maximum absolute atomic E-state index is 13.0. The summed E-state index contributed by atoms with van der Waals surface area (Å²) in [4.78, 5) is 38.1. The number of amides is 2. The van der Waals surface area contributed by atoms with Gasteiger partial charge in [-0.3, -0.25) is 14.3 Å². The summed E-state index contributed by atoms with van der Waals surface area (Å²) in [6.45, 7) is 0.888. The minimum absolute atomic E-state index is 0.0187. The molecule has 1 aliphatic heterocycles. The number of rotatable bonds is 5. The van der Waals surface area contributed by atoms with E-state index in [-0.39, 0.29) is 17.3 Å². The van der Waals surface area contributed by atoms with Crippen LogP contribution in [0.4, 0.5) is 10.5 Å². The quantitative estimate of drug-likeness (QED) is 0.437. The first kappa shape index (κ1) is 24.4. The van der Waals surface area contributed by atoms with Gasteiger partial charge in [-0.25, -0.2) is 13.2 Å². The highest BCUT2D eigenvalue weighted by atomic mass is 32.2. The van der Waals surface area contributed by atoms with Crippen molar-refractivity contribution in [2.24, 2.45) is 5.92 Å². The number of carbonyl (C=O) groups excluding carboxylic acids is 1. The van der Waals surface area contributed by atoms with E-state index < -0.39 is 21.7 Å². The molecule has 1 aromatic heterocycles. The zero-order valence-electron chi connectivity index (χ0n) is 19.8. The highest BCUT2D eigenvalue weighted by Gasteiger charge is 2.54. The van der Waals surface area contributed by atoms with Crippen LogP contribution in [-0.2, 0) is 14.8 Å². The van der Waals surface area contributed by atoms with Crippen molar-refractivity contribution in [3.63, 3.8) is 0 Å². The molecule has 5 rings (SSSR count). The maximum Gasteiger partial charge on any atom is 0.405 e. The number of fused-ring (bicyclic) bond motifs is 1. The third-order valence-corrected chi connectivity index (χ3v) is 6.98. The Labute approximate surface area is 212 Å². The second-order valence-corrected chi connectivity index (χ2v) is 11.1. The smallest absolute Gasteiger partial charge is 0.405 e. The predicted molar refractivity (Wildman–Crippen MR) is 136 cm³/mol. The Morgan fingerprint density at radius 3 is 2.46 bits per heavy atom. The molecule has 3 aromatic rings. The van der Waals surface area contributed by atoms with Gasteiger partial charge in [-0.1, -0.05) is 24.0 Å². The van der Waals surface area contributed by atoms with E-state index >= 15 is 0 Å². The van der Waals surface area contributed by atoms with E-state index in [2.05, 4.69) is 21.9 Å². The number of hydrogen-bond acceptors (Lipinski definition) is 6. The predicted octanol–water partition coefficient (Wildman–Crippen LogP) is 2.44. The van der Waals surface area contributed by atoms with Crippen molar-refractivity contribution < 1.29 is 27.5 Å². The number of carbonyl (C=O) groups is 2. The fraction of sp³-hybridized carbons (Fsp3) is 0.269. The van der Waals surface area contributed by atoms with E-state index in [1.807, 2.05) is 0 Å². The second-order valence-electron chi connectivity index (χ2n) is 9.33. The highest BCUT2D eigenvalue weighted by Crippen LogP contribution is 2.38. The lowest BCUT2D eigenvalue weighted by Crippen LogP contribution is -2.57. The molecule has 1 saturated carbocycles. The van der Waals surface area contributed by atoms with Gasteiger partial charge < -0.3 is 19.7 Å². The molecule has 11 heteroatoms. The lowest BCUT2D eigenvalue weighted by Gasteiger charge is -2.38. The van der Waals surface area contributed by atoms with Crippen molar-refractivity contribution in [3.05, 3.63) is 64.5 Å². The van der Waals surface area contributed by atoms with Crippen LogP contribution < -0.4 is 15.5 Å². The SMILES string of the molecule is CS(=O)(=O)Nc1ccc(-c2coc3cc(C#CC4CN(C(=O)C5(NC(=O)O)CC5)C4)ccc3c2=O)cc1. The molecule has 2 aliphatic rings. The maximum atomic E-state index is 13.0. The molecule has 2 amide bonds. The molecule has 0 radical (unpaired) electrons. The van der Waals surface area contributed by atoms with Crippen molar-refractivity contribution in [1.29, 1.82) is 0 Å². The number of sulfonamides is 1. The summed E-state index contributed by atoms with van der Waals surface area (Å²) < 4.78 is 30.8. The topological polar surface area (TPSA) is 146 Å². The van der Waals surface area contributed by atoms with Crippen LogP contribution in [0.25, 0.3) is 22.1 Å². The summed E-state index contributed by atoms with van der Waals surface area (Å²) in [5, 5.41) is 11.6. The van der Waals surface area contributed by atoms with E-state index in [1.165, 1.54) is 6.26 Å². The van der Waals surface area contributed by atoms with E-state index in [1.54, 1.807) is 47.4 Å². The fourth-order valence-electron chi connectivity index (χ4n) is 4.28. The van der Waals surface area contributed by atoms with E-state index in [0.29, 0.717) is 59.3 Å². The van der Waals surface area contributed by atoms with Crippen molar-refractivity contribution in [1.82, 2.24) is 10.2 Å². The van der Waals surface area contributed by atoms with Crippen LogP contribution in [0.2, 0.25) is 0 Å². The Kier molecular flexibility index (Phi) is 5.92. The minimum Gasteiger partial charge on any atom is -0.465 e. The van der Waals surface area contributed by atoms with Crippen LogP contribution in [0.1, 0.15) is 18.4 Å². The molecule has 37 heavy (non-hydrogen) atoms. The third kappa shape index (κ3) is 5.15. The molecule has 2 aromatic carbocycles. The Bertz CT molecular complexity index is 1640. The molecule has 1 saturated heterocycles. The summed E-state index contributed by atoms with van der Waals surface area (Å²) in [6.07, 6.45) is 2.26. The molecule has 0 spiro atoms. The first-order chi connectivity index (χ1) is 17.5. The monoisotopic (exact) mass is 521 g/mol. The Balaban J connectivity index is 1.27. The molecule has 0 unspecified atom stereocenters. The van der Waals surface area contributed by atoms with Gasteiger partial charge in [0.2, 0.25) is 15.9 Å². The van der Waals surface area contributed by atoms with Gasteiger partial charge in [-0.15, -0.1) is 0 Å². The van der Waals surface area contributed by atoms with Crippen LogP contribution in [-0.4, -0.2) is 55.3 Å². The second kappa shape index (κ2) is 8.97. The van der Waals surface area contributed by atoms with Gasteiger partial charge >= 0.3 is 6.09 Å². The van der Waals surface area contributed by atoms with E-state index in [9.17, 15) is 22.8 Å². The van der Waals surface area contributed by atoms with Crippen LogP contribution in [0.3, 0.4) is 0 Å². The number of nitrogens with one attached hydrogen (secondary N) is 2. The summed E-state index contributed by atoms with van der Waals surface area (Å²) in [6, 6.07) is 11.5. The number of likely N-dealkylation sites (tertiary alicyclic amines) is 1. The first-order valence-electron chi connectivity index (χ1n) is 11.5. The van der Waals surface area contributed by atoms with Gasteiger partial charge in [0.25, 0.3) is 0 Å². The highest BCUT2D eigenvalue weighted by molar-refractivity contribution is 7.92. The molecular weight excluding hydrogens is 498 g/mol.